The lowest BCUT2D eigenvalue weighted by Gasteiger charge is -2.26. The van der Waals surface area contributed by atoms with Crippen molar-refractivity contribution in [2.75, 3.05) is 31.1 Å². The summed E-state index contributed by atoms with van der Waals surface area (Å²) in [5.74, 6) is 1.65. The molecule has 1 aromatic carbocycles. The van der Waals surface area contributed by atoms with Crippen LogP contribution in [-0.2, 0) is 0 Å². The lowest BCUT2D eigenvalue weighted by atomic mass is 10.1. The monoisotopic (exact) mass is 234 g/mol. The molecule has 0 spiro atoms. The first-order valence-corrected chi connectivity index (χ1v) is 6.48. The van der Waals surface area contributed by atoms with Gasteiger partial charge in [0.05, 0.1) is 12.3 Å². The van der Waals surface area contributed by atoms with E-state index in [2.05, 4.69) is 30.0 Å². The van der Waals surface area contributed by atoms with Crippen LogP contribution in [0.4, 0.5) is 5.69 Å². The normalized spacial score (nSPS) is 16.9. The molecule has 94 valence electrons. The van der Waals surface area contributed by atoms with Crippen LogP contribution in [-0.4, -0.2) is 26.2 Å². The highest BCUT2D eigenvalue weighted by Gasteiger charge is 2.17. The maximum Gasteiger partial charge on any atom is 0.142 e. The Morgan fingerprint density at radius 3 is 3.06 bits per heavy atom. The van der Waals surface area contributed by atoms with Gasteiger partial charge in [-0.3, -0.25) is 0 Å². The first kappa shape index (κ1) is 12.2. The fourth-order valence-corrected chi connectivity index (χ4v) is 2.34. The summed E-state index contributed by atoms with van der Waals surface area (Å²) in [6.45, 7) is 6.00. The smallest absolute Gasteiger partial charge is 0.142 e. The zero-order chi connectivity index (χ0) is 12.1. The zero-order valence-corrected chi connectivity index (χ0v) is 10.6. The zero-order valence-electron chi connectivity index (χ0n) is 10.6. The average molecular weight is 234 g/mol. The van der Waals surface area contributed by atoms with Crippen LogP contribution in [0.3, 0.4) is 0 Å². The van der Waals surface area contributed by atoms with Crippen LogP contribution < -0.4 is 15.4 Å². The molecule has 2 rings (SSSR count). The summed E-state index contributed by atoms with van der Waals surface area (Å²) >= 11 is 0. The van der Waals surface area contributed by atoms with Crippen molar-refractivity contribution in [2.24, 2.45) is 11.7 Å². The van der Waals surface area contributed by atoms with Crippen LogP contribution in [0, 0.1) is 5.92 Å². The van der Waals surface area contributed by atoms with Gasteiger partial charge in [-0.1, -0.05) is 19.1 Å². The fraction of sp³-hybridized carbons (Fsp3) is 0.571. The first-order valence-electron chi connectivity index (χ1n) is 6.48. The summed E-state index contributed by atoms with van der Waals surface area (Å²) in [4.78, 5) is 2.43. The molecule has 0 aliphatic carbocycles. The first-order chi connectivity index (χ1) is 8.31. The second kappa shape index (κ2) is 5.92. The van der Waals surface area contributed by atoms with Crippen LogP contribution >= 0.6 is 0 Å². The van der Waals surface area contributed by atoms with Crippen molar-refractivity contribution < 1.29 is 4.74 Å². The number of ether oxygens (including phenoxy) is 1. The van der Waals surface area contributed by atoms with Gasteiger partial charge in [0.15, 0.2) is 0 Å². The number of anilines is 1. The van der Waals surface area contributed by atoms with Crippen molar-refractivity contribution in [3.8, 4) is 5.75 Å². The van der Waals surface area contributed by atoms with E-state index in [0.717, 1.165) is 44.8 Å². The molecule has 0 amide bonds. The predicted octanol–water partition coefficient (Wildman–Crippen LogP) is 2.26. The van der Waals surface area contributed by atoms with Crippen LogP contribution in [0.5, 0.6) is 5.75 Å². The van der Waals surface area contributed by atoms with E-state index in [1.807, 2.05) is 6.07 Å². The number of rotatable bonds is 4. The number of hydrogen-bond acceptors (Lipinski definition) is 3. The van der Waals surface area contributed by atoms with E-state index in [4.69, 9.17) is 10.5 Å². The molecule has 1 atom stereocenters. The second-order valence-electron chi connectivity index (χ2n) is 4.80. The molecule has 0 bridgehead atoms. The molecule has 2 N–H and O–H groups in total. The van der Waals surface area contributed by atoms with Gasteiger partial charge in [0.1, 0.15) is 5.75 Å². The Morgan fingerprint density at radius 2 is 2.24 bits per heavy atom. The molecule has 1 aliphatic heterocycles. The lowest BCUT2D eigenvalue weighted by Crippen LogP contribution is -2.30. The third-order valence-electron chi connectivity index (χ3n) is 3.23. The molecule has 3 nitrogen and oxygen atoms in total. The van der Waals surface area contributed by atoms with Gasteiger partial charge in [-0.05, 0) is 37.4 Å². The quantitative estimate of drug-likeness (QED) is 0.868. The van der Waals surface area contributed by atoms with Crippen LogP contribution in [0.25, 0.3) is 0 Å². The third kappa shape index (κ3) is 3.13. The van der Waals surface area contributed by atoms with E-state index < -0.39 is 0 Å². The van der Waals surface area contributed by atoms with E-state index in [1.165, 1.54) is 5.69 Å². The maximum absolute atomic E-state index is 5.75. The minimum absolute atomic E-state index is 0.631. The molecule has 0 saturated carbocycles. The molecule has 0 fully saturated rings. The molecular weight excluding hydrogens is 212 g/mol. The molecule has 3 heteroatoms. The Bertz CT molecular complexity index is 354. The SMILES string of the molecule is CC(CCN)CN1CCCOc2ccccc21. The topological polar surface area (TPSA) is 38.5 Å². The standard InChI is InChI=1S/C14H22N2O/c1-12(7-8-15)11-16-9-4-10-17-14-6-3-2-5-13(14)16/h2-3,5-6,12H,4,7-11,15H2,1H3. The summed E-state index contributed by atoms with van der Waals surface area (Å²) in [5.41, 5.74) is 6.85. The maximum atomic E-state index is 5.75. The van der Waals surface area contributed by atoms with E-state index in [0.29, 0.717) is 5.92 Å². The van der Waals surface area contributed by atoms with Gasteiger partial charge in [0.25, 0.3) is 0 Å². The molecule has 1 unspecified atom stereocenters. The van der Waals surface area contributed by atoms with Gasteiger partial charge in [-0.15, -0.1) is 0 Å². The number of hydrogen-bond donors (Lipinski definition) is 1. The van der Waals surface area contributed by atoms with Gasteiger partial charge in [0.2, 0.25) is 0 Å². The molecule has 0 saturated heterocycles. The fourth-order valence-electron chi connectivity index (χ4n) is 2.34. The van der Waals surface area contributed by atoms with Gasteiger partial charge >= 0.3 is 0 Å². The molecular formula is C14H22N2O. The summed E-state index contributed by atoms with van der Waals surface area (Å²) in [7, 11) is 0. The average Bonchev–Trinajstić information content (AvgIpc) is 2.53. The Hall–Kier alpha value is -1.22. The van der Waals surface area contributed by atoms with Crippen molar-refractivity contribution in [3.05, 3.63) is 24.3 Å². The number of nitrogens with zero attached hydrogens (tertiary/aromatic N) is 1. The van der Waals surface area contributed by atoms with Crippen molar-refractivity contribution >= 4 is 5.69 Å². The van der Waals surface area contributed by atoms with Gasteiger partial charge in [-0.2, -0.15) is 0 Å². The van der Waals surface area contributed by atoms with Gasteiger partial charge in [-0.25, -0.2) is 0 Å². The largest absolute Gasteiger partial charge is 0.491 e. The van der Waals surface area contributed by atoms with E-state index in [-0.39, 0.29) is 0 Å². The van der Waals surface area contributed by atoms with Gasteiger partial charge < -0.3 is 15.4 Å². The molecule has 0 aromatic heterocycles. The Balaban J connectivity index is 2.11. The molecule has 1 heterocycles. The van der Waals surface area contributed by atoms with Crippen molar-refractivity contribution in [2.45, 2.75) is 19.8 Å². The van der Waals surface area contributed by atoms with Crippen LogP contribution in [0.1, 0.15) is 19.8 Å². The second-order valence-corrected chi connectivity index (χ2v) is 4.80. The lowest BCUT2D eigenvalue weighted by molar-refractivity contribution is 0.322. The van der Waals surface area contributed by atoms with Crippen molar-refractivity contribution in [3.63, 3.8) is 0 Å². The third-order valence-corrected chi connectivity index (χ3v) is 3.23. The number of fused-ring (bicyclic) bond motifs is 1. The van der Waals surface area contributed by atoms with Crippen molar-refractivity contribution in [1.82, 2.24) is 0 Å². The molecule has 17 heavy (non-hydrogen) atoms. The van der Waals surface area contributed by atoms with E-state index >= 15 is 0 Å². The van der Waals surface area contributed by atoms with Crippen LogP contribution in [0.15, 0.2) is 24.3 Å². The predicted molar refractivity (Wildman–Crippen MR) is 71.6 cm³/mol. The van der Waals surface area contributed by atoms with Crippen LogP contribution in [0.2, 0.25) is 0 Å². The van der Waals surface area contributed by atoms with Gasteiger partial charge in [0, 0.05) is 13.1 Å². The summed E-state index contributed by atoms with van der Waals surface area (Å²) in [6, 6.07) is 8.32. The minimum Gasteiger partial charge on any atom is -0.491 e. The highest BCUT2D eigenvalue weighted by Crippen LogP contribution is 2.31. The number of para-hydroxylation sites is 2. The van der Waals surface area contributed by atoms with Crippen molar-refractivity contribution in [1.29, 1.82) is 0 Å². The highest BCUT2D eigenvalue weighted by molar-refractivity contribution is 5.58. The summed E-state index contributed by atoms with van der Waals surface area (Å²) in [6.07, 6.45) is 2.17. The molecule has 1 aliphatic rings. The number of benzene rings is 1. The molecule has 0 radical (unpaired) electrons. The minimum atomic E-state index is 0.631. The highest BCUT2D eigenvalue weighted by atomic mass is 16.5. The van der Waals surface area contributed by atoms with E-state index in [1.54, 1.807) is 0 Å². The Labute approximate surface area is 104 Å². The Morgan fingerprint density at radius 1 is 1.41 bits per heavy atom. The molecule has 1 aromatic rings. The number of nitrogens with two attached hydrogens (primary N) is 1. The summed E-state index contributed by atoms with van der Waals surface area (Å²) in [5, 5.41) is 0. The van der Waals surface area contributed by atoms with E-state index in [9.17, 15) is 0 Å². The summed E-state index contributed by atoms with van der Waals surface area (Å²) < 4.78 is 5.75. The Kier molecular flexibility index (Phi) is 4.26.